The van der Waals surface area contributed by atoms with E-state index < -0.39 is 30.1 Å². The molecule has 13 heteroatoms. The van der Waals surface area contributed by atoms with Gasteiger partial charge in [0, 0.05) is 6.42 Å². The van der Waals surface area contributed by atoms with Crippen LogP contribution in [0, 0.1) is 11.8 Å². The largest absolute Gasteiger partial charge is 0.491 e. The van der Waals surface area contributed by atoms with Crippen LogP contribution in [0.1, 0.15) is 63.4 Å². The molecule has 228 valence electrons. The average Bonchev–Trinajstić information content (AvgIpc) is 3.16. The Bertz CT molecular complexity index is 900. The zero-order valence-corrected chi connectivity index (χ0v) is 22.3. The van der Waals surface area contributed by atoms with Crippen LogP contribution in [-0.2, 0) is 20.5 Å². The highest BCUT2D eigenvalue weighted by molar-refractivity contribution is 5.69. The van der Waals surface area contributed by atoms with Crippen molar-refractivity contribution >= 4 is 5.97 Å². The number of ether oxygens (including phenoxy) is 2. The van der Waals surface area contributed by atoms with Crippen molar-refractivity contribution in [3.8, 4) is 5.75 Å². The lowest BCUT2D eigenvalue weighted by Gasteiger charge is -2.23. The summed E-state index contributed by atoms with van der Waals surface area (Å²) in [6.45, 7) is 0.103. The molecule has 1 aliphatic rings. The molecule has 0 unspecified atom stereocenters. The van der Waals surface area contributed by atoms with E-state index in [9.17, 15) is 33.3 Å². The second-order valence-electron chi connectivity index (χ2n) is 9.88. The normalized spacial score (nSPS) is 22.2. The number of esters is 1. The number of halogens is 3. The minimum atomic E-state index is -4.49. The summed E-state index contributed by atoms with van der Waals surface area (Å²) in [6, 6.07) is 4.43. The molecule has 5 N–H and O–H groups in total. The molecule has 0 saturated heterocycles. The number of aliphatic hydroxyl groups is 3. The molecule has 5 atom stereocenters. The van der Waals surface area contributed by atoms with E-state index in [0.29, 0.717) is 38.5 Å². The fourth-order valence-electron chi connectivity index (χ4n) is 4.67. The van der Waals surface area contributed by atoms with E-state index >= 15 is 0 Å². The van der Waals surface area contributed by atoms with Gasteiger partial charge in [0.15, 0.2) is 0 Å². The molecular formula is C27H40F3NO9. The Morgan fingerprint density at radius 1 is 1.07 bits per heavy atom. The van der Waals surface area contributed by atoms with Gasteiger partial charge in [-0.25, -0.2) is 0 Å². The van der Waals surface area contributed by atoms with E-state index in [-0.39, 0.29) is 68.0 Å². The molecule has 1 saturated carbocycles. The van der Waals surface area contributed by atoms with Gasteiger partial charge in [-0.3, -0.25) is 20.0 Å². The number of aliphatic hydroxyl groups excluding tert-OH is 3. The third-order valence-corrected chi connectivity index (χ3v) is 6.79. The number of carbonyl (C=O) groups is 1. The molecule has 0 bridgehead atoms. The monoisotopic (exact) mass is 579 g/mol. The molecule has 1 aromatic carbocycles. The van der Waals surface area contributed by atoms with Gasteiger partial charge >= 0.3 is 12.1 Å². The molecule has 1 aromatic rings. The summed E-state index contributed by atoms with van der Waals surface area (Å²) < 4.78 is 49.0. The Morgan fingerprint density at radius 3 is 2.52 bits per heavy atom. The SMILES string of the molecule is O=C(CCC/C=C\C[C@@H]1[C@@H](CC[C@@H](O)COc2cccc(C(F)(F)F)c2)[C@H](O)C[C@@H]1O)OCCCCON(O)O. The van der Waals surface area contributed by atoms with Crippen molar-refractivity contribution in [1.82, 2.24) is 5.39 Å². The van der Waals surface area contributed by atoms with Crippen molar-refractivity contribution in [2.75, 3.05) is 19.8 Å². The summed E-state index contributed by atoms with van der Waals surface area (Å²) in [5, 5.41) is 47.5. The highest BCUT2D eigenvalue weighted by Gasteiger charge is 2.40. The van der Waals surface area contributed by atoms with Gasteiger partial charge in [-0.15, -0.1) is 0 Å². The Morgan fingerprint density at radius 2 is 1.80 bits per heavy atom. The molecule has 1 fully saturated rings. The van der Waals surface area contributed by atoms with Gasteiger partial charge in [0.25, 0.3) is 0 Å². The summed E-state index contributed by atoms with van der Waals surface area (Å²) in [4.78, 5) is 16.1. The molecule has 0 aliphatic heterocycles. The second kappa shape index (κ2) is 17.5. The van der Waals surface area contributed by atoms with Crippen LogP contribution in [0.5, 0.6) is 5.75 Å². The third kappa shape index (κ3) is 12.9. The first kappa shape index (κ1) is 33.9. The molecule has 0 aromatic heterocycles. The van der Waals surface area contributed by atoms with Gasteiger partial charge in [0.2, 0.25) is 0 Å². The van der Waals surface area contributed by atoms with Crippen molar-refractivity contribution < 1.29 is 58.0 Å². The van der Waals surface area contributed by atoms with Crippen LogP contribution in [0.25, 0.3) is 0 Å². The predicted molar refractivity (Wildman–Crippen MR) is 135 cm³/mol. The van der Waals surface area contributed by atoms with Gasteiger partial charge in [-0.05, 0) is 81.4 Å². The third-order valence-electron chi connectivity index (χ3n) is 6.79. The average molecular weight is 580 g/mol. The molecular weight excluding hydrogens is 539 g/mol. The maximum absolute atomic E-state index is 12.8. The van der Waals surface area contributed by atoms with Gasteiger partial charge in [0.1, 0.15) is 12.4 Å². The fraction of sp³-hybridized carbons (Fsp3) is 0.667. The van der Waals surface area contributed by atoms with Crippen molar-refractivity contribution in [3.63, 3.8) is 0 Å². The number of allylic oxidation sites excluding steroid dienone is 2. The Hall–Kier alpha value is -2.26. The number of hydrogen-bond donors (Lipinski definition) is 5. The van der Waals surface area contributed by atoms with Gasteiger partial charge in [0.05, 0.1) is 42.5 Å². The zero-order valence-electron chi connectivity index (χ0n) is 22.3. The van der Waals surface area contributed by atoms with Crippen LogP contribution >= 0.6 is 0 Å². The number of benzene rings is 1. The number of nitrogens with zero attached hydrogens (tertiary/aromatic N) is 1. The topological polar surface area (TPSA) is 149 Å². The zero-order chi connectivity index (χ0) is 29.5. The number of rotatable bonds is 18. The minimum Gasteiger partial charge on any atom is -0.491 e. The molecule has 10 nitrogen and oxygen atoms in total. The summed E-state index contributed by atoms with van der Waals surface area (Å²) in [7, 11) is 0. The molecule has 2 rings (SSSR count). The molecule has 0 radical (unpaired) electrons. The number of alkyl halides is 3. The summed E-state index contributed by atoms with van der Waals surface area (Å²) in [5.41, 5.74) is -0.836. The molecule has 0 heterocycles. The second-order valence-corrected chi connectivity index (χ2v) is 9.88. The predicted octanol–water partition coefficient (Wildman–Crippen LogP) is 4.04. The molecule has 1 aliphatic carbocycles. The van der Waals surface area contributed by atoms with Gasteiger partial charge < -0.3 is 24.8 Å². The lowest BCUT2D eigenvalue weighted by molar-refractivity contribution is -0.492. The fourth-order valence-corrected chi connectivity index (χ4v) is 4.67. The molecule has 40 heavy (non-hydrogen) atoms. The van der Waals surface area contributed by atoms with Crippen LogP contribution in [-0.4, -0.2) is 75.2 Å². The van der Waals surface area contributed by atoms with Crippen molar-refractivity contribution in [3.05, 3.63) is 42.0 Å². The van der Waals surface area contributed by atoms with Crippen LogP contribution < -0.4 is 4.74 Å². The Balaban J connectivity index is 1.65. The van der Waals surface area contributed by atoms with Gasteiger partial charge in [-0.2, -0.15) is 13.2 Å². The number of hydrogen-bond acceptors (Lipinski definition) is 10. The highest BCUT2D eigenvalue weighted by atomic mass is 19.4. The quantitative estimate of drug-likeness (QED) is 0.0747. The Labute approximate surface area is 231 Å². The summed E-state index contributed by atoms with van der Waals surface area (Å²) in [5.74, 6) is -0.780. The van der Waals surface area contributed by atoms with Crippen LogP contribution in [0.15, 0.2) is 36.4 Å². The van der Waals surface area contributed by atoms with Crippen molar-refractivity contribution in [2.24, 2.45) is 11.8 Å². The minimum absolute atomic E-state index is 0.00542. The lowest BCUT2D eigenvalue weighted by atomic mass is 9.86. The molecule has 0 amide bonds. The first-order chi connectivity index (χ1) is 19.0. The smallest absolute Gasteiger partial charge is 0.416 e. The van der Waals surface area contributed by atoms with E-state index in [0.717, 1.165) is 12.1 Å². The van der Waals surface area contributed by atoms with Crippen LogP contribution in [0.3, 0.4) is 0 Å². The van der Waals surface area contributed by atoms with E-state index in [4.69, 9.17) is 19.9 Å². The van der Waals surface area contributed by atoms with Crippen LogP contribution in [0.4, 0.5) is 13.2 Å². The van der Waals surface area contributed by atoms with Crippen molar-refractivity contribution in [2.45, 2.75) is 82.3 Å². The Kier molecular flexibility index (Phi) is 14.9. The number of unbranched alkanes of at least 4 members (excludes halogenated alkanes) is 2. The van der Waals surface area contributed by atoms with Crippen molar-refractivity contribution in [1.29, 1.82) is 0 Å². The standard InChI is InChI=1S/C27H40F3NO9/c28-27(29,30)19-8-7-9-21(16-19)39-18-20(32)12-13-23-22(24(33)17-25(23)34)10-3-1-2-4-11-26(35)38-14-5-6-15-40-31(36)37/h1,3,7-9,16,20,22-25,32-34,36-37H,2,4-6,10-15,17-18H2/b3-1-/t20-,22-,23-,24+,25-/m1/s1. The maximum Gasteiger partial charge on any atom is 0.416 e. The first-order valence-electron chi connectivity index (χ1n) is 13.4. The first-order valence-corrected chi connectivity index (χ1v) is 13.4. The molecule has 0 spiro atoms. The summed E-state index contributed by atoms with van der Waals surface area (Å²) >= 11 is 0. The lowest BCUT2D eigenvalue weighted by Crippen LogP contribution is -2.25. The maximum atomic E-state index is 12.8. The van der Waals surface area contributed by atoms with E-state index in [1.54, 1.807) is 0 Å². The van der Waals surface area contributed by atoms with E-state index in [2.05, 4.69) is 4.84 Å². The van der Waals surface area contributed by atoms with E-state index in [1.165, 1.54) is 12.1 Å². The highest BCUT2D eigenvalue weighted by Crippen LogP contribution is 2.38. The van der Waals surface area contributed by atoms with E-state index in [1.807, 2.05) is 12.2 Å². The number of carbonyl (C=O) groups excluding carboxylic acids is 1. The summed E-state index contributed by atoms with van der Waals surface area (Å²) in [6.07, 6.45) is 0.855. The van der Waals surface area contributed by atoms with Gasteiger partial charge in [-0.1, -0.05) is 18.2 Å². The van der Waals surface area contributed by atoms with Crippen LogP contribution in [0.2, 0.25) is 0 Å².